The lowest BCUT2D eigenvalue weighted by atomic mass is 9.88. The Morgan fingerprint density at radius 1 is 1.24 bits per heavy atom. The molecule has 1 heterocycles. The molecule has 0 spiro atoms. The molecule has 1 atom stereocenters. The van der Waals surface area contributed by atoms with E-state index in [1.807, 2.05) is 0 Å². The van der Waals surface area contributed by atoms with Crippen LogP contribution in [0.25, 0.3) is 0 Å². The predicted molar refractivity (Wildman–Crippen MR) is 91.9 cm³/mol. The Morgan fingerprint density at radius 3 is 2.62 bits per heavy atom. The van der Waals surface area contributed by atoms with Crippen molar-refractivity contribution in [2.45, 2.75) is 65.0 Å². The first kappa shape index (κ1) is 16.5. The highest BCUT2D eigenvalue weighted by atomic mass is 15.2. The Balaban J connectivity index is 2.01. The second-order valence-electron chi connectivity index (χ2n) is 6.64. The summed E-state index contributed by atoms with van der Waals surface area (Å²) in [5, 5.41) is 3.83. The largest absolute Gasteiger partial charge is 0.308 e. The second kappa shape index (κ2) is 7.42. The molecule has 0 amide bonds. The summed E-state index contributed by atoms with van der Waals surface area (Å²) in [6, 6.07) is 9.66. The zero-order valence-electron chi connectivity index (χ0n) is 14.3. The fraction of sp³-hybridized carbons (Fsp3) is 0.684. The standard InChI is InChI=1S/C19H32N2/c1-5-18-14-20-19(6-2,7-3)15-21(18)12-11-17-10-8-9-16(4)13-17/h8-10,13,18,20H,5-7,11-12,14-15H2,1-4H3. The van der Waals surface area contributed by atoms with Gasteiger partial charge in [0.25, 0.3) is 0 Å². The zero-order chi connectivity index (χ0) is 15.3. The number of benzene rings is 1. The van der Waals surface area contributed by atoms with Gasteiger partial charge in [0.2, 0.25) is 0 Å². The molecule has 1 aromatic rings. The predicted octanol–water partition coefficient (Wildman–Crippen LogP) is 3.78. The van der Waals surface area contributed by atoms with Crippen LogP contribution in [-0.4, -0.2) is 36.1 Å². The van der Waals surface area contributed by atoms with Gasteiger partial charge in [-0.05, 0) is 38.2 Å². The van der Waals surface area contributed by atoms with Gasteiger partial charge in [0.1, 0.15) is 0 Å². The summed E-state index contributed by atoms with van der Waals surface area (Å²) in [4.78, 5) is 2.73. The third kappa shape index (κ3) is 4.08. The van der Waals surface area contributed by atoms with Gasteiger partial charge in [-0.2, -0.15) is 0 Å². The van der Waals surface area contributed by atoms with Crippen molar-refractivity contribution in [3.8, 4) is 0 Å². The Hall–Kier alpha value is -0.860. The van der Waals surface area contributed by atoms with Crippen molar-refractivity contribution in [2.75, 3.05) is 19.6 Å². The SMILES string of the molecule is CCC1CNC(CC)(CC)CN1CCc1cccc(C)c1. The average molecular weight is 288 g/mol. The van der Waals surface area contributed by atoms with Gasteiger partial charge >= 0.3 is 0 Å². The minimum Gasteiger partial charge on any atom is -0.308 e. The van der Waals surface area contributed by atoms with Crippen LogP contribution in [0.2, 0.25) is 0 Å². The van der Waals surface area contributed by atoms with Crippen LogP contribution >= 0.6 is 0 Å². The lowest BCUT2D eigenvalue weighted by Crippen LogP contribution is -2.63. The molecule has 0 aromatic heterocycles. The van der Waals surface area contributed by atoms with E-state index >= 15 is 0 Å². The third-order valence-electron chi connectivity index (χ3n) is 5.33. The van der Waals surface area contributed by atoms with Crippen LogP contribution in [0.5, 0.6) is 0 Å². The van der Waals surface area contributed by atoms with Crippen molar-refractivity contribution in [2.24, 2.45) is 0 Å². The summed E-state index contributed by atoms with van der Waals surface area (Å²) in [6.07, 6.45) is 4.85. The van der Waals surface area contributed by atoms with Gasteiger partial charge < -0.3 is 5.32 Å². The van der Waals surface area contributed by atoms with Crippen LogP contribution < -0.4 is 5.32 Å². The third-order valence-corrected chi connectivity index (χ3v) is 5.33. The van der Waals surface area contributed by atoms with E-state index in [1.165, 1.54) is 49.9 Å². The van der Waals surface area contributed by atoms with Crippen molar-refractivity contribution in [3.63, 3.8) is 0 Å². The van der Waals surface area contributed by atoms with E-state index in [9.17, 15) is 0 Å². The molecular weight excluding hydrogens is 256 g/mol. The van der Waals surface area contributed by atoms with Gasteiger partial charge in [0, 0.05) is 31.2 Å². The quantitative estimate of drug-likeness (QED) is 0.857. The van der Waals surface area contributed by atoms with Crippen LogP contribution in [0.1, 0.15) is 51.2 Å². The summed E-state index contributed by atoms with van der Waals surface area (Å²) in [5.41, 5.74) is 3.18. The van der Waals surface area contributed by atoms with Crippen molar-refractivity contribution >= 4 is 0 Å². The van der Waals surface area contributed by atoms with E-state index in [4.69, 9.17) is 0 Å². The smallest absolute Gasteiger partial charge is 0.0304 e. The number of hydrogen-bond donors (Lipinski definition) is 1. The zero-order valence-corrected chi connectivity index (χ0v) is 14.3. The van der Waals surface area contributed by atoms with Crippen molar-refractivity contribution < 1.29 is 0 Å². The molecule has 2 heteroatoms. The molecule has 0 saturated carbocycles. The van der Waals surface area contributed by atoms with Crippen LogP contribution in [0.3, 0.4) is 0 Å². The molecule has 21 heavy (non-hydrogen) atoms. The fourth-order valence-corrected chi connectivity index (χ4v) is 3.57. The molecule has 2 rings (SSSR count). The van der Waals surface area contributed by atoms with Gasteiger partial charge in [-0.15, -0.1) is 0 Å². The first-order valence-electron chi connectivity index (χ1n) is 8.67. The Kier molecular flexibility index (Phi) is 5.83. The van der Waals surface area contributed by atoms with Crippen LogP contribution in [0.15, 0.2) is 24.3 Å². The second-order valence-corrected chi connectivity index (χ2v) is 6.64. The van der Waals surface area contributed by atoms with Gasteiger partial charge in [-0.3, -0.25) is 4.90 Å². The maximum Gasteiger partial charge on any atom is 0.0304 e. The monoisotopic (exact) mass is 288 g/mol. The maximum atomic E-state index is 3.83. The van der Waals surface area contributed by atoms with Gasteiger partial charge in [0.05, 0.1) is 0 Å². The molecular formula is C19H32N2. The van der Waals surface area contributed by atoms with Gasteiger partial charge in [0.15, 0.2) is 0 Å². The molecule has 1 unspecified atom stereocenters. The average Bonchev–Trinajstić information content (AvgIpc) is 2.52. The molecule has 1 fully saturated rings. The van der Waals surface area contributed by atoms with E-state index in [-0.39, 0.29) is 0 Å². The molecule has 0 bridgehead atoms. The van der Waals surface area contributed by atoms with Gasteiger partial charge in [-0.25, -0.2) is 0 Å². The molecule has 2 nitrogen and oxygen atoms in total. The lowest BCUT2D eigenvalue weighted by Gasteiger charge is -2.47. The van der Waals surface area contributed by atoms with E-state index in [1.54, 1.807) is 0 Å². The molecule has 1 aliphatic heterocycles. The van der Waals surface area contributed by atoms with Crippen LogP contribution in [0, 0.1) is 6.92 Å². The Morgan fingerprint density at radius 2 is 2.00 bits per heavy atom. The highest BCUT2D eigenvalue weighted by molar-refractivity contribution is 5.22. The van der Waals surface area contributed by atoms with E-state index in [0.29, 0.717) is 11.6 Å². The topological polar surface area (TPSA) is 15.3 Å². The number of aryl methyl sites for hydroxylation is 1. The van der Waals surface area contributed by atoms with E-state index in [2.05, 4.69) is 62.2 Å². The Bertz CT molecular complexity index is 437. The normalized spacial score (nSPS) is 22.4. The number of hydrogen-bond acceptors (Lipinski definition) is 2. The molecule has 0 aliphatic carbocycles. The molecule has 1 N–H and O–H groups in total. The van der Waals surface area contributed by atoms with Crippen molar-refractivity contribution in [3.05, 3.63) is 35.4 Å². The number of rotatable bonds is 6. The molecule has 1 saturated heterocycles. The Labute approximate surface area is 130 Å². The van der Waals surface area contributed by atoms with Crippen molar-refractivity contribution in [1.29, 1.82) is 0 Å². The van der Waals surface area contributed by atoms with Crippen molar-refractivity contribution in [1.82, 2.24) is 10.2 Å². The molecule has 0 radical (unpaired) electrons. The van der Waals surface area contributed by atoms with E-state index in [0.717, 1.165) is 6.54 Å². The lowest BCUT2D eigenvalue weighted by molar-refractivity contribution is 0.0716. The number of nitrogens with zero attached hydrogens (tertiary/aromatic N) is 1. The fourth-order valence-electron chi connectivity index (χ4n) is 3.57. The summed E-state index contributed by atoms with van der Waals surface area (Å²) in [6.45, 7) is 12.7. The first-order valence-corrected chi connectivity index (χ1v) is 8.67. The minimum absolute atomic E-state index is 0.332. The molecule has 118 valence electrons. The minimum atomic E-state index is 0.332. The summed E-state index contributed by atoms with van der Waals surface area (Å²) < 4.78 is 0. The van der Waals surface area contributed by atoms with Crippen LogP contribution in [-0.2, 0) is 6.42 Å². The summed E-state index contributed by atoms with van der Waals surface area (Å²) in [5.74, 6) is 0. The molecule has 1 aliphatic rings. The highest BCUT2D eigenvalue weighted by Gasteiger charge is 2.35. The number of piperazine rings is 1. The summed E-state index contributed by atoms with van der Waals surface area (Å²) in [7, 11) is 0. The van der Waals surface area contributed by atoms with E-state index < -0.39 is 0 Å². The van der Waals surface area contributed by atoms with Gasteiger partial charge in [-0.1, -0.05) is 50.6 Å². The van der Waals surface area contributed by atoms with Crippen LogP contribution in [0.4, 0.5) is 0 Å². The highest BCUT2D eigenvalue weighted by Crippen LogP contribution is 2.24. The maximum absolute atomic E-state index is 3.83. The number of nitrogens with one attached hydrogen (secondary N) is 1. The summed E-state index contributed by atoms with van der Waals surface area (Å²) >= 11 is 0. The molecule has 1 aromatic carbocycles. The first-order chi connectivity index (χ1) is 10.1.